The zero-order chi connectivity index (χ0) is 25.3. The lowest BCUT2D eigenvalue weighted by molar-refractivity contribution is -0.132. The average molecular weight is 534 g/mol. The van der Waals surface area contributed by atoms with E-state index < -0.39 is 10.0 Å². The molecule has 194 valence electrons. The molecule has 0 aliphatic carbocycles. The molecule has 1 amide bonds. The first-order valence-corrected chi connectivity index (χ1v) is 14.3. The van der Waals surface area contributed by atoms with E-state index in [4.69, 9.17) is 0 Å². The lowest BCUT2D eigenvalue weighted by Crippen LogP contribution is -2.55. The number of halogens is 1. The molecule has 0 unspecified atom stereocenters. The van der Waals surface area contributed by atoms with Crippen LogP contribution < -0.4 is 14.5 Å². The number of amides is 1. The van der Waals surface area contributed by atoms with Crippen LogP contribution in [0, 0.1) is 5.82 Å². The van der Waals surface area contributed by atoms with Crippen molar-refractivity contribution in [1.82, 2.24) is 9.88 Å². The van der Waals surface area contributed by atoms with Crippen molar-refractivity contribution in [3.05, 3.63) is 65.4 Å². The van der Waals surface area contributed by atoms with E-state index >= 15 is 0 Å². The third kappa shape index (κ3) is 5.03. The molecule has 3 aromatic rings. The number of anilines is 3. The Morgan fingerprint density at radius 1 is 1.11 bits per heavy atom. The highest BCUT2D eigenvalue weighted by molar-refractivity contribution is 7.93. The van der Waals surface area contributed by atoms with Crippen molar-refractivity contribution in [3.63, 3.8) is 0 Å². The average Bonchev–Trinajstić information content (AvgIpc) is 3.40. The number of nitrogens with one attached hydrogen (secondary N) is 1. The van der Waals surface area contributed by atoms with Crippen molar-refractivity contribution >= 4 is 43.8 Å². The highest BCUT2D eigenvalue weighted by Crippen LogP contribution is 2.30. The molecule has 2 aliphatic rings. The normalized spacial score (nSPS) is 17.0. The fourth-order valence-electron chi connectivity index (χ4n) is 4.86. The zero-order valence-electron chi connectivity index (χ0n) is 19.9. The predicted molar refractivity (Wildman–Crippen MR) is 144 cm³/mol. The van der Waals surface area contributed by atoms with Gasteiger partial charge in [-0.25, -0.2) is 17.8 Å². The number of piperazine rings is 1. The third-order valence-corrected chi connectivity index (χ3v) is 8.95. The van der Waals surface area contributed by atoms with Crippen LogP contribution >= 0.6 is 11.3 Å². The number of benzene rings is 2. The molecule has 2 aromatic carbocycles. The predicted octanol–water partition coefficient (Wildman–Crippen LogP) is 4.06. The van der Waals surface area contributed by atoms with Crippen LogP contribution in [0.4, 0.5) is 20.9 Å². The van der Waals surface area contributed by atoms with E-state index in [1.54, 1.807) is 48.0 Å². The number of rotatable bonds is 6. The Morgan fingerprint density at radius 3 is 2.56 bits per heavy atom. The molecule has 3 heterocycles. The molecule has 36 heavy (non-hydrogen) atoms. The summed E-state index contributed by atoms with van der Waals surface area (Å²) in [4.78, 5) is 23.6. The molecule has 0 radical (unpaired) electrons. The molecular weight excluding hydrogens is 501 g/mol. The van der Waals surface area contributed by atoms with Crippen molar-refractivity contribution in [2.45, 2.75) is 30.7 Å². The number of aryl methyl sites for hydroxylation is 1. The van der Waals surface area contributed by atoms with Crippen LogP contribution in [0.15, 0.2) is 58.9 Å². The van der Waals surface area contributed by atoms with Gasteiger partial charge in [0.25, 0.3) is 10.0 Å². The van der Waals surface area contributed by atoms with Crippen molar-refractivity contribution in [1.29, 1.82) is 0 Å². The van der Waals surface area contributed by atoms with Gasteiger partial charge in [0, 0.05) is 58.5 Å². The van der Waals surface area contributed by atoms with Crippen LogP contribution in [0.25, 0.3) is 0 Å². The van der Waals surface area contributed by atoms with E-state index in [-0.39, 0.29) is 25.5 Å². The number of nitrogens with zero attached hydrogens (tertiary/aromatic N) is 4. The van der Waals surface area contributed by atoms with Gasteiger partial charge in [-0.15, -0.1) is 11.3 Å². The number of sulfonamides is 1. The SMILES string of the molecule is C[C@H](C(=O)N1CCN(c2ccc(S(=O)(=O)Nc3nccs3)cc2)CC1)N1CCCc2cc(F)ccc21.[HH].[HH]. The maximum absolute atomic E-state index is 13.7. The minimum atomic E-state index is -3.69. The first kappa shape index (κ1) is 24.5. The fraction of sp³-hybridized carbons (Fsp3) is 0.360. The molecule has 2 aliphatic heterocycles. The Labute approximate surface area is 217 Å². The van der Waals surface area contributed by atoms with Gasteiger partial charge >= 0.3 is 0 Å². The molecule has 0 bridgehead atoms. The highest BCUT2D eigenvalue weighted by atomic mass is 32.2. The molecule has 8 nitrogen and oxygen atoms in total. The monoisotopic (exact) mass is 533 g/mol. The second kappa shape index (κ2) is 10.1. The molecule has 1 fully saturated rings. The molecule has 0 saturated carbocycles. The Balaban J connectivity index is 0.00000200. The van der Waals surface area contributed by atoms with Crippen molar-refractivity contribution in [2.24, 2.45) is 0 Å². The lowest BCUT2D eigenvalue weighted by Gasteiger charge is -2.41. The van der Waals surface area contributed by atoms with Gasteiger partial charge in [-0.05, 0) is 67.8 Å². The van der Waals surface area contributed by atoms with Gasteiger partial charge in [0.1, 0.15) is 11.9 Å². The summed E-state index contributed by atoms with van der Waals surface area (Å²) >= 11 is 1.22. The number of thiazole rings is 1. The Morgan fingerprint density at radius 2 is 1.86 bits per heavy atom. The topological polar surface area (TPSA) is 85.8 Å². The Kier molecular flexibility index (Phi) is 6.85. The van der Waals surface area contributed by atoms with Gasteiger partial charge in [0.15, 0.2) is 5.13 Å². The molecular formula is C25H32FN5O3S2. The summed E-state index contributed by atoms with van der Waals surface area (Å²) in [5.41, 5.74) is 2.81. The van der Waals surface area contributed by atoms with Gasteiger partial charge in [0.05, 0.1) is 4.90 Å². The third-order valence-electron chi connectivity index (χ3n) is 6.78. The van der Waals surface area contributed by atoms with Gasteiger partial charge in [-0.1, -0.05) is 0 Å². The minimum Gasteiger partial charge on any atom is -0.368 e. The number of carbonyl (C=O) groups excluding carboxylic acids is 1. The smallest absolute Gasteiger partial charge is 0.263 e. The summed E-state index contributed by atoms with van der Waals surface area (Å²) in [7, 11) is -3.69. The molecule has 1 N–H and O–H groups in total. The van der Waals surface area contributed by atoms with Crippen LogP contribution in [0.2, 0.25) is 0 Å². The van der Waals surface area contributed by atoms with Gasteiger partial charge < -0.3 is 14.7 Å². The quantitative estimate of drug-likeness (QED) is 0.514. The first-order valence-electron chi connectivity index (χ1n) is 11.9. The Bertz CT molecular complexity index is 1340. The second-order valence-electron chi connectivity index (χ2n) is 8.99. The summed E-state index contributed by atoms with van der Waals surface area (Å²) in [6.07, 6.45) is 3.26. The molecule has 1 atom stereocenters. The standard InChI is InChI=1S/C25H28FN5O3S2.2H2/c1-18(31-11-2-3-19-17-20(26)4-9-23(19)31)24(32)30-14-12-29(13-15-30)21-5-7-22(8-6-21)36(33,34)28-25-27-10-16-35-25;;/h4-10,16-18H,2-3,11-15H2,1H3,(H,27,28);2*1H/t18-;;/m1../s1. The molecule has 5 rings (SSSR count). The first-order chi connectivity index (χ1) is 17.3. The van der Waals surface area contributed by atoms with E-state index in [1.807, 2.05) is 11.8 Å². The van der Waals surface area contributed by atoms with E-state index in [1.165, 1.54) is 17.4 Å². The van der Waals surface area contributed by atoms with Crippen molar-refractivity contribution in [3.8, 4) is 0 Å². The van der Waals surface area contributed by atoms with Crippen LogP contribution in [-0.2, 0) is 21.2 Å². The lowest BCUT2D eigenvalue weighted by atomic mass is 9.99. The van der Waals surface area contributed by atoms with Gasteiger partial charge in [-0.3, -0.25) is 9.52 Å². The summed E-state index contributed by atoms with van der Waals surface area (Å²) in [5.74, 6) is -0.173. The largest absolute Gasteiger partial charge is 0.368 e. The number of hydrogen-bond donors (Lipinski definition) is 1. The van der Waals surface area contributed by atoms with E-state index in [0.29, 0.717) is 31.3 Å². The van der Waals surface area contributed by atoms with Crippen molar-refractivity contribution in [2.75, 3.05) is 47.2 Å². The van der Waals surface area contributed by atoms with E-state index in [2.05, 4.69) is 19.5 Å². The maximum Gasteiger partial charge on any atom is 0.263 e. The second-order valence-corrected chi connectivity index (χ2v) is 11.6. The number of carbonyl (C=O) groups is 1. The zero-order valence-corrected chi connectivity index (χ0v) is 21.6. The summed E-state index contributed by atoms with van der Waals surface area (Å²) < 4.78 is 41.3. The van der Waals surface area contributed by atoms with Gasteiger partial charge in [-0.2, -0.15) is 0 Å². The fourth-order valence-corrected chi connectivity index (χ4v) is 6.65. The van der Waals surface area contributed by atoms with Gasteiger partial charge in [0.2, 0.25) is 5.91 Å². The summed E-state index contributed by atoms with van der Waals surface area (Å²) in [6, 6.07) is 11.2. The Hall–Kier alpha value is -3.18. The van der Waals surface area contributed by atoms with E-state index in [0.717, 1.165) is 36.3 Å². The number of aromatic nitrogens is 1. The molecule has 11 heteroatoms. The molecule has 0 spiro atoms. The van der Waals surface area contributed by atoms with Crippen LogP contribution in [0.3, 0.4) is 0 Å². The summed E-state index contributed by atoms with van der Waals surface area (Å²) in [6.45, 7) is 5.18. The molecule has 1 aromatic heterocycles. The number of hydrogen-bond acceptors (Lipinski definition) is 7. The summed E-state index contributed by atoms with van der Waals surface area (Å²) in [5, 5.41) is 2.04. The minimum absolute atomic E-state index is 0. The van der Waals surface area contributed by atoms with Crippen LogP contribution in [-0.4, -0.2) is 63.0 Å². The maximum atomic E-state index is 13.7. The van der Waals surface area contributed by atoms with Crippen molar-refractivity contribution < 1.29 is 20.5 Å². The van der Waals surface area contributed by atoms with E-state index in [9.17, 15) is 17.6 Å². The number of fused-ring (bicyclic) bond motifs is 1. The molecule has 1 saturated heterocycles. The highest BCUT2D eigenvalue weighted by Gasteiger charge is 2.31. The van der Waals surface area contributed by atoms with Crippen LogP contribution in [0.5, 0.6) is 0 Å². The van der Waals surface area contributed by atoms with Crippen LogP contribution in [0.1, 0.15) is 21.8 Å².